The summed E-state index contributed by atoms with van der Waals surface area (Å²) in [5.41, 5.74) is 0. The molecule has 0 amide bonds. The first-order valence-corrected chi connectivity index (χ1v) is 6.16. The molecule has 1 nitrogen and oxygen atoms in total. The number of hydrogen-bond donors (Lipinski definition) is 0. The summed E-state index contributed by atoms with van der Waals surface area (Å²) in [7, 11) is 0. The topological polar surface area (TPSA) is 17.1 Å². The van der Waals surface area contributed by atoms with E-state index in [0.717, 1.165) is 32.1 Å². The van der Waals surface area contributed by atoms with Crippen LogP contribution < -0.4 is 0 Å². The molecule has 0 radical (unpaired) electrons. The van der Waals surface area contributed by atoms with Crippen molar-refractivity contribution >= 4 is 5.78 Å². The zero-order valence-corrected chi connectivity index (χ0v) is 10.0. The Labute approximate surface area is 93.9 Å². The summed E-state index contributed by atoms with van der Waals surface area (Å²) >= 11 is 0. The number of Topliss-reactive ketones (excluding diaryl/α,β-unsaturated/α-hetero) is 1. The highest BCUT2D eigenvalue weighted by Crippen LogP contribution is 2.35. The van der Waals surface area contributed by atoms with Crippen molar-refractivity contribution in [2.24, 2.45) is 17.8 Å². The van der Waals surface area contributed by atoms with Gasteiger partial charge >= 0.3 is 0 Å². The quantitative estimate of drug-likeness (QED) is 0.495. The van der Waals surface area contributed by atoms with Gasteiger partial charge in [0.25, 0.3) is 0 Å². The minimum atomic E-state index is 0.289. The van der Waals surface area contributed by atoms with E-state index < -0.39 is 0 Å². The molecule has 0 saturated heterocycles. The molecule has 86 valence electrons. The highest BCUT2D eigenvalue weighted by Gasteiger charge is 2.32. The van der Waals surface area contributed by atoms with Crippen LogP contribution in [0.25, 0.3) is 0 Å². The summed E-state index contributed by atoms with van der Waals surface area (Å²) in [6.45, 7) is 8.30. The minimum absolute atomic E-state index is 0.289. The Morgan fingerprint density at radius 3 is 2.87 bits per heavy atom. The lowest BCUT2D eigenvalue weighted by Gasteiger charge is -2.21. The average Bonchev–Trinajstić information content (AvgIpc) is 2.49. The molecular formula is C14H23O-. The number of hydrogen-bond acceptors (Lipinski definition) is 1. The Morgan fingerprint density at radius 1 is 1.53 bits per heavy atom. The summed E-state index contributed by atoms with van der Waals surface area (Å²) < 4.78 is 0. The van der Waals surface area contributed by atoms with Crippen molar-refractivity contribution in [1.82, 2.24) is 0 Å². The number of rotatable bonds is 5. The van der Waals surface area contributed by atoms with Crippen molar-refractivity contribution in [3.63, 3.8) is 0 Å². The van der Waals surface area contributed by atoms with Gasteiger partial charge in [-0.25, -0.2) is 0 Å². The van der Waals surface area contributed by atoms with E-state index in [2.05, 4.69) is 32.9 Å². The second kappa shape index (κ2) is 6.09. The molecule has 0 spiro atoms. The normalized spacial score (nSPS) is 28.9. The highest BCUT2D eigenvalue weighted by atomic mass is 16.1. The van der Waals surface area contributed by atoms with Crippen molar-refractivity contribution in [3.05, 3.63) is 19.1 Å². The fourth-order valence-electron chi connectivity index (χ4n) is 2.51. The molecule has 3 atom stereocenters. The Balaban J connectivity index is 2.49. The second-order valence-electron chi connectivity index (χ2n) is 4.83. The predicted octanol–water partition coefficient (Wildman–Crippen LogP) is 3.80. The van der Waals surface area contributed by atoms with Crippen molar-refractivity contribution in [2.45, 2.75) is 46.0 Å². The Hall–Kier alpha value is -0.590. The number of carbonyl (C=O) groups excluding carboxylic acids is 1. The lowest BCUT2D eigenvalue weighted by molar-refractivity contribution is -0.121. The van der Waals surface area contributed by atoms with E-state index in [0.29, 0.717) is 17.6 Å². The van der Waals surface area contributed by atoms with Crippen LogP contribution in [0, 0.1) is 24.7 Å². The molecular weight excluding hydrogens is 184 g/mol. The van der Waals surface area contributed by atoms with Gasteiger partial charge in [-0.3, -0.25) is 4.79 Å². The van der Waals surface area contributed by atoms with Gasteiger partial charge in [-0.2, -0.15) is 5.92 Å². The highest BCUT2D eigenvalue weighted by molar-refractivity contribution is 5.83. The van der Waals surface area contributed by atoms with Crippen LogP contribution in [0.15, 0.2) is 12.2 Å². The van der Waals surface area contributed by atoms with Gasteiger partial charge in [-0.05, 0) is 25.2 Å². The number of allylic oxidation sites excluding steroid dienone is 2. The average molecular weight is 207 g/mol. The maximum absolute atomic E-state index is 11.7. The Kier molecular flexibility index (Phi) is 5.07. The van der Waals surface area contributed by atoms with Gasteiger partial charge in [0.2, 0.25) is 0 Å². The first-order chi connectivity index (χ1) is 7.15. The molecule has 1 fully saturated rings. The van der Waals surface area contributed by atoms with Gasteiger partial charge in [0.05, 0.1) is 0 Å². The molecule has 0 aromatic heterocycles. The third kappa shape index (κ3) is 3.81. The molecule has 0 aromatic rings. The number of ketones is 1. The monoisotopic (exact) mass is 207 g/mol. The van der Waals surface area contributed by atoms with Crippen LogP contribution in [0.2, 0.25) is 0 Å². The van der Waals surface area contributed by atoms with Gasteiger partial charge in [0.1, 0.15) is 5.78 Å². The van der Waals surface area contributed by atoms with Crippen LogP contribution in [-0.2, 0) is 4.79 Å². The van der Waals surface area contributed by atoms with Crippen LogP contribution in [0.1, 0.15) is 46.0 Å². The van der Waals surface area contributed by atoms with Crippen molar-refractivity contribution in [1.29, 1.82) is 0 Å². The van der Waals surface area contributed by atoms with E-state index in [9.17, 15) is 4.79 Å². The van der Waals surface area contributed by atoms with Gasteiger partial charge in [0.15, 0.2) is 0 Å². The molecule has 1 rings (SSSR count). The van der Waals surface area contributed by atoms with Crippen molar-refractivity contribution in [2.75, 3.05) is 0 Å². The van der Waals surface area contributed by atoms with E-state index >= 15 is 0 Å². The molecule has 0 bridgehead atoms. The van der Waals surface area contributed by atoms with E-state index in [1.165, 1.54) is 0 Å². The van der Waals surface area contributed by atoms with E-state index in [-0.39, 0.29) is 5.92 Å². The van der Waals surface area contributed by atoms with Crippen LogP contribution in [0.3, 0.4) is 0 Å². The lowest BCUT2D eigenvalue weighted by atomic mass is 9.86. The minimum Gasteiger partial charge on any atom is -0.341 e. The van der Waals surface area contributed by atoms with Crippen molar-refractivity contribution in [3.8, 4) is 0 Å². The second-order valence-corrected chi connectivity index (χ2v) is 4.83. The molecule has 15 heavy (non-hydrogen) atoms. The summed E-state index contributed by atoms with van der Waals surface area (Å²) in [5, 5.41) is 0. The van der Waals surface area contributed by atoms with E-state index in [1.54, 1.807) is 0 Å². The van der Waals surface area contributed by atoms with Gasteiger partial charge < -0.3 is 6.92 Å². The molecule has 0 aliphatic heterocycles. The largest absolute Gasteiger partial charge is 0.341 e. The third-order valence-corrected chi connectivity index (χ3v) is 3.24. The smallest absolute Gasteiger partial charge is 0.136 e. The molecule has 1 heteroatoms. The fraction of sp³-hybridized carbons (Fsp3) is 0.714. The number of carbonyl (C=O) groups is 1. The van der Waals surface area contributed by atoms with Crippen molar-refractivity contribution < 1.29 is 4.79 Å². The van der Waals surface area contributed by atoms with Crippen LogP contribution in [0.5, 0.6) is 0 Å². The Bertz CT molecular complexity index is 227. The predicted molar refractivity (Wildman–Crippen MR) is 64.4 cm³/mol. The molecule has 1 unspecified atom stereocenters. The van der Waals surface area contributed by atoms with Gasteiger partial charge in [-0.15, -0.1) is 0 Å². The Morgan fingerprint density at radius 2 is 2.27 bits per heavy atom. The molecule has 1 aliphatic carbocycles. The maximum atomic E-state index is 11.7. The zero-order valence-electron chi connectivity index (χ0n) is 10.0. The molecule has 1 saturated carbocycles. The van der Waals surface area contributed by atoms with Crippen LogP contribution in [-0.4, -0.2) is 5.78 Å². The third-order valence-electron chi connectivity index (χ3n) is 3.24. The van der Waals surface area contributed by atoms with Gasteiger partial charge in [-0.1, -0.05) is 32.4 Å². The first kappa shape index (κ1) is 12.5. The SMILES string of the molecule is [CH2-]C(C)C[C@H]1CCC(=O)[C@@H]1C/C=C\CC. The lowest BCUT2D eigenvalue weighted by Crippen LogP contribution is -2.15. The van der Waals surface area contributed by atoms with Crippen LogP contribution >= 0.6 is 0 Å². The fourth-order valence-corrected chi connectivity index (χ4v) is 2.51. The summed E-state index contributed by atoms with van der Waals surface area (Å²) in [4.78, 5) is 11.7. The standard InChI is InChI=1S/C14H23O/c1-4-5-6-7-13-12(10-11(2)3)8-9-14(13)15/h5-6,11-13H,2,4,7-10H2,1,3H3/q-1/b6-5-/t11?,12-,13-/m1/s1. The van der Waals surface area contributed by atoms with Gasteiger partial charge in [0, 0.05) is 12.3 Å². The van der Waals surface area contributed by atoms with E-state index in [4.69, 9.17) is 0 Å². The zero-order chi connectivity index (χ0) is 11.3. The first-order valence-electron chi connectivity index (χ1n) is 6.16. The van der Waals surface area contributed by atoms with Crippen LogP contribution in [0.4, 0.5) is 0 Å². The molecule has 0 N–H and O–H groups in total. The summed E-state index contributed by atoms with van der Waals surface area (Å²) in [6, 6.07) is 0. The molecule has 1 aliphatic rings. The molecule has 0 aromatic carbocycles. The summed E-state index contributed by atoms with van der Waals surface area (Å²) in [6.07, 6.45) is 9.34. The summed E-state index contributed by atoms with van der Waals surface area (Å²) in [5.74, 6) is 1.82. The molecule has 0 heterocycles. The van der Waals surface area contributed by atoms with E-state index in [1.807, 2.05) is 0 Å². The maximum Gasteiger partial charge on any atom is 0.136 e.